The first-order valence-electron chi connectivity index (χ1n) is 7.97. The van der Waals surface area contributed by atoms with Crippen LogP contribution in [0.2, 0.25) is 0 Å². The molecular formula is C19H23NO4. The van der Waals surface area contributed by atoms with Crippen molar-refractivity contribution in [2.24, 2.45) is 0 Å². The van der Waals surface area contributed by atoms with E-state index in [0.29, 0.717) is 24.3 Å². The summed E-state index contributed by atoms with van der Waals surface area (Å²) in [6.07, 6.45) is -0.0501. The molecular weight excluding hydrogens is 306 g/mol. The minimum atomic E-state index is -1.07. The molecule has 5 heteroatoms. The van der Waals surface area contributed by atoms with Gasteiger partial charge in [-0.15, -0.1) is 0 Å². The lowest BCUT2D eigenvalue weighted by molar-refractivity contribution is -0.0487. The zero-order valence-electron chi connectivity index (χ0n) is 14.2. The second-order valence-corrected chi connectivity index (χ2v) is 6.27. The van der Waals surface area contributed by atoms with Gasteiger partial charge >= 0.3 is 0 Å². The van der Waals surface area contributed by atoms with E-state index in [9.17, 15) is 10.2 Å². The Balaban J connectivity index is 2.03. The van der Waals surface area contributed by atoms with Crippen LogP contribution < -0.4 is 14.8 Å². The fourth-order valence-corrected chi connectivity index (χ4v) is 3.31. The summed E-state index contributed by atoms with van der Waals surface area (Å²) in [5.41, 5.74) is 1.54. The average Bonchev–Trinajstić information content (AvgIpc) is 2.83. The third-order valence-electron chi connectivity index (χ3n) is 4.60. The van der Waals surface area contributed by atoms with Crippen LogP contribution in [0.1, 0.15) is 22.8 Å². The van der Waals surface area contributed by atoms with Gasteiger partial charge in [-0.1, -0.05) is 12.1 Å². The maximum atomic E-state index is 11.2. The first kappa shape index (κ1) is 16.6. The molecule has 0 saturated carbocycles. The van der Waals surface area contributed by atoms with Crippen molar-refractivity contribution in [2.45, 2.75) is 25.0 Å². The van der Waals surface area contributed by atoms with E-state index < -0.39 is 11.7 Å². The highest BCUT2D eigenvalue weighted by atomic mass is 16.5. The number of hydrogen-bond acceptors (Lipinski definition) is 5. The summed E-state index contributed by atoms with van der Waals surface area (Å²) in [6.45, 7) is 2.19. The number of fused-ring (bicyclic) bond motifs is 1. The molecule has 128 valence electrons. The smallest absolute Gasteiger partial charge is 0.154 e. The Morgan fingerprint density at radius 1 is 1.29 bits per heavy atom. The van der Waals surface area contributed by atoms with Gasteiger partial charge in [0.1, 0.15) is 22.8 Å². The van der Waals surface area contributed by atoms with Crippen molar-refractivity contribution < 1.29 is 19.7 Å². The van der Waals surface area contributed by atoms with Crippen LogP contribution in [0.25, 0.3) is 0 Å². The van der Waals surface area contributed by atoms with Crippen LogP contribution in [0.15, 0.2) is 36.4 Å². The summed E-state index contributed by atoms with van der Waals surface area (Å²) in [7, 11) is 3.42. The molecule has 0 bridgehead atoms. The van der Waals surface area contributed by atoms with E-state index >= 15 is 0 Å². The van der Waals surface area contributed by atoms with E-state index in [-0.39, 0.29) is 5.75 Å². The molecule has 3 N–H and O–H groups in total. The lowest BCUT2D eigenvalue weighted by Crippen LogP contribution is -2.45. The standard InChI is InChI=1S/C19H23NO4/c1-12-16(21)5-4-6-17(12)24-18-15-9-14(23-3)8-7-13(15)10-19(18,22)11-20-2/h4-9,18,20-22H,10-11H2,1-3H3. The zero-order chi connectivity index (χ0) is 17.3. The Labute approximate surface area is 141 Å². The molecule has 2 unspecified atom stereocenters. The molecule has 0 aliphatic heterocycles. The monoisotopic (exact) mass is 329 g/mol. The molecule has 3 rings (SSSR count). The fraction of sp³-hybridized carbons (Fsp3) is 0.368. The SMILES string of the molecule is CNCC1(O)Cc2ccc(OC)cc2C1Oc1cccc(O)c1C. The lowest BCUT2D eigenvalue weighted by Gasteiger charge is -2.31. The topological polar surface area (TPSA) is 71.0 Å². The van der Waals surface area contributed by atoms with Crippen LogP contribution in [0.5, 0.6) is 17.2 Å². The Morgan fingerprint density at radius 2 is 2.08 bits per heavy atom. The number of benzene rings is 2. The molecule has 0 heterocycles. The molecule has 1 aliphatic rings. The van der Waals surface area contributed by atoms with Crippen LogP contribution in [0.4, 0.5) is 0 Å². The molecule has 24 heavy (non-hydrogen) atoms. The third-order valence-corrected chi connectivity index (χ3v) is 4.60. The second kappa shape index (κ2) is 6.34. The highest BCUT2D eigenvalue weighted by Gasteiger charge is 2.46. The molecule has 0 fully saturated rings. The fourth-order valence-electron chi connectivity index (χ4n) is 3.31. The molecule has 0 aromatic heterocycles. The third kappa shape index (κ3) is 2.81. The Kier molecular flexibility index (Phi) is 4.39. The van der Waals surface area contributed by atoms with Crippen molar-refractivity contribution in [1.82, 2.24) is 5.32 Å². The number of phenols is 1. The molecule has 0 amide bonds. The summed E-state index contributed by atoms with van der Waals surface area (Å²) in [6, 6.07) is 10.9. The van der Waals surface area contributed by atoms with Crippen LogP contribution >= 0.6 is 0 Å². The Hall–Kier alpha value is -2.24. The highest BCUT2D eigenvalue weighted by molar-refractivity contribution is 5.47. The van der Waals surface area contributed by atoms with Gasteiger partial charge in [0, 0.05) is 24.1 Å². The number of aromatic hydroxyl groups is 1. The summed E-state index contributed by atoms with van der Waals surface area (Å²) in [5.74, 6) is 1.46. The molecule has 0 radical (unpaired) electrons. The number of ether oxygens (including phenoxy) is 2. The molecule has 2 aromatic rings. The second-order valence-electron chi connectivity index (χ2n) is 6.27. The van der Waals surface area contributed by atoms with Crippen LogP contribution in [-0.2, 0) is 6.42 Å². The van der Waals surface area contributed by atoms with E-state index in [0.717, 1.165) is 16.9 Å². The van der Waals surface area contributed by atoms with Crippen LogP contribution in [0.3, 0.4) is 0 Å². The number of rotatable bonds is 5. The normalized spacial score (nSPS) is 22.2. The van der Waals surface area contributed by atoms with Gasteiger partial charge < -0.3 is 25.0 Å². The maximum absolute atomic E-state index is 11.2. The molecule has 1 aliphatic carbocycles. The van der Waals surface area contributed by atoms with Crippen molar-refractivity contribution in [3.63, 3.8) is 0 Å². The van der Waals surface area contributed by atoms with E-state index in [2.05, 4.69) is 5.32 Å². The van der Waals surface area contributed by atoms with Crippen molar-refractivity contribution in [2.75, 3.05) is 20.7 Å². The molecule has 0 spiro atoms. The van der Waals surface area contributed by atoms with Crippen molar-refractivity contribution in [3.05, 3.63) is 53.1 Å². The molecule has 2 atom stereocenters. The number of likely N-dealkylation sites (N-methyl/N-ethyl adjacent to an activating group) is 1. The largest absolute Gasteiger partial charge is 0.508 e. The van der Waals surface area contributed by atoms with Gasteiger partial charge in [0.25, 0.3) is 0 Å². The van der Waals surface area contributed by atoms with Crippen molar-refractivity contribution in [1.29, 1.82) is 0 Å². The minimum absolute atomic E-state index is 0.175. The summed E-state index contributed by atoms with van der Waals surface area (Å²) in [4.78, 5) is 0. The van der Waals surface area contributed by atoms with Gasteiger partial charge in [0.05, 0.1) is 7.11 Å². The first-order valence-corrected chi connectivity index (χ1v) is 7.97. The van der Waals surface area contributed by atoms with Crippen molar-refractivity contribution >= 4 is 0 Å². The Morgan fingerprint density at radius 3 is 2.79 bits per heavy atom. The number of hydrogen-bond donors (Lipinski definition) is 3. The predicted molar refractivity (Wildman–Crippen MR) is 91.8 cm³/mol. The van der Waals surface area contributed by atoms with E-state index in [4.69, 9.17) is 9.47 Å². The average molecular weight is 329 g/mol. The first-order chi connectivity index (χ1) is 11.5. The van der Waals surface area contributed by atoms with E-state index in [1.807, 2.05) is 18.2 Å². The van der Waals surface area contributed by atoms with E-state index in [1.165, 1.54) is 0 Å². The molecule has 2 aromatic carbocycles. The van der Waals surface area contributed by atoms with Crippen molar-refractivity contribution in [3.8, 4) is 17.2 Å². The number of phenolic OH excluding ortho intramolecular Hbond substituents is 1. The maximum Gasteiger partial charge on any atom is 0.154 e. The molecule has 5 nitrogen and oxygen atoms in total. The van der Waals surface area contributed by atoms with Crippen LogP contribution in [0, 0.1) is 6.92 Å². The summed E-state index contributed by atoms with van der Waals surface area (Å²) >= 11 is 0. The quantitative estimate of drug-likeness (QED) is 0.785. The minimum Gasteiger partial charge on any atom is -0.508 e. The number of methoxy groups -OCH3 is 1. The van der Waals surface area contributed by atoms with Gasteiger partial charge in [-0.05, 0) is 43.8 Å². The van der Waals surface area contributed by atoms with Gasteiger partial charge in [-0.25, -0.2) is 0 Å². The van der Waals surface area contributed by atoms with Gasteiger partial charge in [0.15, 0.2) is 6.10 Å². The number of aliphatic hydroxyl groups is 1. The number of nitrogens with one attached hydrogen (secondary N) is 1. The molecule has 0 saturated heterocycles. The highest BCUT2D eigenvalue weighted by Crippen LogP contribution is 2.44. The Bertz CT molecular complexity index is 746. The summed E-state index contributed by atoms with van der Waals surface area (Å²) < 4.78 is 11.5. The lowest BCUT2D eigenvalue weighted by atomic mass is 9.97. The summed E-state index contributed by atoms with van der Waals surface area (Å²) in [5, 5.41) is 24.1. The van der Waals surface area contributed by atoms with Gasteiger partial charge in [-0.2, -0.15) is 0 Å². The zero-order valence-corrected chi connectivity index (χ0v) is 14.2. The van der Waals surface area contributed by atoms with Crippen LogP contribution in [-0.4, -0.2) is 36.5 Å². The van der Waals surface area contributed by atoms with E-state index in [1.54, 1.807) is 39.3 Å². The predicted octanol–water partition coefficient (Wildman–Crippen LogP) is 2.34. The van der Waals surface area contributed by atoms with Gasteiger partial charge in [0.2, 0.25) is 0 Å². The van der Waals surface area contributed by atoms with Gasteiger partial charge in [-0.3, -0.25) is 0 Å².